The van der Waals surface area contributed by atoms with Crippen LogP contribution in [0.15, 0.2) is 72.8 Å². The van der Waals surface area contributed by atoms with Gasteiger partial charge < -0.3 is 10.0 Å². The average molecular weight is 445 g/mol. The molecule has 1 aliphatic heterocycles. The molecule has 0 aliphatic carbocycles. The number of carbonyl (C=O) groups is 1. The van der Waals surface area contributed by atoms with Gasteiger partial charge >= 0.3 is 0 Å². The molecule has 0 atom stereocenters. The molecular formula is C27H28N2O2S. The smallest absolute Gasteiger partial charge is 0.264 e. The van der Waals surface area contributed by atoms with Crippen molar-refractivity contribution in [3.8, 4) is 11.8 Å². The maximum absolute atomic E-state index is 13.1. The van der Waals surface area contributed by atoms with E-state index < -0.39 is 5.60 Å². The fourth-order valence-corrected chi connectivity index (χ4v) is 4.79. The highest BCUT2D eigenvalue weighted by atomic mass is 32.1. The quantitative estimate of drug-likeness (QED) is 0.606. The van der Waals surface area contributed by atoms with Gasteiger partial charge in [-0.25, -0.2) is 0 Å². The molecule has 1 N–H and O–H groups in total. The molecule has 1 amide bonds. The predicted molar refractivity (Wildman–Crippen MR) is 130 cm³/mol. The number of carbonyl (C=O) groups excluding carboxylic acids is 1. The van der Waals surface area contributed by atoms with Crippen LogP contribution in [-0.2, 0) is 0 Å². The van der Waals surface area contributed by atoms with E-state index in [1.807, 2.05) is 29.2 Å². The highest BCUT2D eigenvalue weighted by Crippen LogP contribution is 2.30. The van der Waals surface area contributed by atoms with E-state index in [0.29, 0.717) is 18.0 Å². The Morgan fingerprint density at radius 3 is 2.00 bits per heavy atom. The van der Waals surface area contributed by atoms with E-state index >= 15 is 0 Å². The molecule has 4 rings (SSSR count). The van der Waals surface area contributed by atoms with Crippen molar-refractivity contribution < 1.29 is 9.90 Å². The third-order valence-corrected chi connectivity index (χ3v) is 6.49. The number of aliphatic hydroxyl groups is 1. The number of thiophene rings is 1. The van der Waals surface area contributed by atoms with Crippen LogP contribution in [0.3, 0.4) is 0 Å². The van der Waals surface area contributed by atoms with Gasteiger partial charge in [-0.1, -0.05) is 72.5 Å². The molecule has 164 valence electrons. The van der Waals surface area contributed by atoms with Crippen molar-refractivity contribution in [2.75, 3.05) is 26.2 Å². The summed E-state index contributed by atoms with van der Waals surface area (Å²) in [5, 5.41) is 9.78. The van der Waals surface area contributed by atoms with Gasteiger partial charge in [0.1, 0.15) is 5.60 Å². The van der Waals surface area contributed by atoms with Crippen molar-refractivity contribution in [2.45, 2.75) is 25.5 Å². The van der Waals surface area contributed by atoms with E-state index in [1.54, 1.807) is 13.8 Å². The van der Waals surface area contributed by atoms with E-state index in [9.17, 15) is 9.90 Å². The maximum atomic E-state index is 13.1. The van der Waals surface area contributed by atoms with Crippen LogP contribution in [-0.4, -0.2) is 52.6 Å². The number of piperazine rings is 1. The largest absolute Gasteiger partial charge is 0.378 e. The summed E-state index contributed by atoms with van der Waals surface area (Å²) in [6.07, 6.45) is 0. The van der Waals surface area contributed by atoms with Gasteiger partial charge in [0.05, 0.1) is 15.8 Å². The Hall–Kier alpha value is -2.91. The lowest BCUT2D eigenvalue weighted by molar-refractivity contribution is 0.0602. The first kappa shape index (κ1) is 22.3. The van der Waals surface area contributed by atoms with E-state index in [4.69, 9.17) is 0 Å². The first-order chi connectivity index (χ1) is 15.4. The number of benzene rings is 2. The van der Waals surface area contributed by atoms with Crippen LogP contribution < -0.4 is 0 Å². The van der Waals surface area contributed by atoms with E-state index in [-0.39, 0.29) is 11.9 Å². The SMILES string of the molecule is CC(C)(O)C#Cc1ccc(C(=O)N2CCN(C(c3ccccc3)c3ccccc3)CC2)s1. The molecule has 1 saturated heterocycles. The van der Waals surface area contributed by atoms with Crippen molar-refractivity contribution in [2.24, 2.45) is 0 Å². The summed E-state index contributed by atoms with van der Waals surface area (Å²) in [4.78, 5) is 18.9. The van der Waals surface area contributed by atoms with Gasteiger partial charge in [0, 0.05) is 26.2 Å². The average Bonchev–Trinajstić information content (AvgIpc) is 3.28. The lowest BCUT2D eigenvalue weighted by atomic mass is 9.96. The molecule has 2 aromatic carbocycles. The fourth-order valence-electron chi connectivity index (χ4n) is 3.96. The summed E-state index contributed by atoms with van der Waals surface area (Å²) < 4.78 is 0. The molecule has 0 radical (unpaired) electrons. The third kappa shape index (κ3) is 5.46. The molecule has 32 heavy (non-hydrogen) atoms. The maximum Gasteiger partial charge on any atom is 0.264 e. The van der Waals surface area contributed by atoms with E-state index in [2.05, 4.69) is 65.3 Å². The highest BCUT2D eigenvalue weighted by molar-refractivity contribution is 7.14. The van der Waals surface area contributed by atoms with E-state index in [0.717, 1.165) is 18.0 Å². The van der Waals surface area contributed by atoms with Gasteiger partial charge in [0.25, 0.3) is 5.91 Å². The van der Waals surface area contributed by atoms with Crippen molar-refractivity contribution in [3.05, 3.63) is 93.7 Å². The van der Waals surface area contributed by atoms with Crippen molar-refractivity contribution >= 4 is 17.2 Å². The molecule has 0 bridgehead atoms. The van der Waals surface area contributed by atoms with Crippen LogP contribution in [0.2, 0.25) is 0 Å². The fraction of sp³-hybridized carbons (Fsp3) is 0.296. The zero-order valence-corrected chi connectivity index (χ0v) is 19.3. The molecule has 0 spiro atoms. The normalized spacial score (nSPS) is 14.8. The monoisotopic (exact) mass is 444 g/mol. The molecule has 1 aromatic heterocycles. The minimum absolute atomic E-state index is 0.0573. The zero-order chi connectivity index (χ0) is 22.6. The van der Waals surface area contributed by atoms with Gasteiger partial charge in [-0.2, -0.15) is 0 Å². The predicted octanol–water partition coefficient (Wildman–Crippen LogP) is 4.42. The van der Waals surface area contributed by atoms with Gasteiger partial charge in [-0.05, 0) is 37.1 Å². The Morgan fingerprint density at radius 2 is 1.47 bits per heavy atom. The van der Waals surface area contributed by atoms with Gasteiger partial charge in [0.2, 0.25) is 0 Å². The van der Waals surface area contributed by atoms with Crippen LogP contribution in [0, 0.1) is 11.8 Å². The number of amides is 1. The van der Waals surface area contributed by atoms with Crippen molar-refractivity contribution in [1.29, 1.82) is 0 Å². The number of hydrogen-bond donors (Lipinski definition) is 1. The summed E-state index contributed by atoms with van der Waals surface area (Å²) in [5.74, 6) is 5.82. The van der Waals surface area contributed by atoms with Crippen LogP contribution in [0.1, 0.15) is 45.6 Å². The molecule has 1 aliphatic rings. The summed E-state index contributed by atoms with van der Waals surface area (Å²) in [7, 11) is 0. The Bertz CT molecular complexity index is 1060. The molecule has 1 fully saturated rings. The Labute approximate surface area is 194 Å². The Kier molecular flexibility index (Phi) is 6.76. The molecular weight excluding hydrogens is 416 g/mol. The third-order valence-electron chi connectivity index (χ3n) is 5.51. The van der Waals surface area contributed by atoms with Crippen LogP contribution in [0.4, 0.5) is 0 Å². The lowest BCUT2D eigenvalue weighted by Gasteiger charge is -2.39. The van der Waals surface area contributed by atoms with Gasteiger partial charge in [-0.3, -0.25) is 9.69 Å². The second-order valence-electron chi connectivity index (χ2n) is 8.52. The molecule has 4 nitrogen and oxygen atoms in total. The van der Waals surface area contributed by atoms with Gasteiger partial charge in [-0.15, -0.1) is 11.3 Å². The first-order valence-electron chi connectivity index (χ1n) is 10.9. The van der Waals surface area contributed by atoms with E-state index in [1.165, 1.54) is 22.5 Å². The van der Waals surface area contributed by atoms with Crippen LogP contribution in [0.25, 0.3) is 0 Å². The standard InChI is InChI=1S/C27H28N2O2S/c1-27(2,31)16-15-23-13-14-24(32-23)26(30)29-19-17-28(18-20-29)25(21-9-5-3-6-10-21)22-11-7-4-8-12-22/h3-14,25,31H,17-20H2,1-2H3. The summed E-state index contributed by atoms with van der Waals surface area (Å²) in [5.41, 5.74) is 1.50. The highest BCUT2D eigenvalue weighted by Gasteiger charge is 2.29. The first-order valence-corrected chi connectivity index (χ1v) is 11.7. The second kappa shape index (κ2) is 9.70. The minimum atomic E-state index is -1.04. The summed E-state index contributed by atoms with van der Waals surface area (Å²) >= 11 is 1.39. The zero-order valence-electron chi connectivity index (χ0n) is 18.5. The Balaban J connectivity index is 1.45. The molecule has 2 heterocycles. The van der Waals surface area contributed by atoms with Crippen LogP contribution in [0.5, 0.6) is 0 Å². The minimum Gasteiger partial charge on any atom is -0.378 e. The van der Waals surface area contributed by atoms with Crippen molar-refractivity contribution in [3.63, 3.8) is 0 Å². The number of nitrogens with zero attached hydrogens (tertiary/aromatic N) is 2. The molecule has 0 unspecified atom stereocenters. The number of hydrogen-bond acceptors (Lipinski definition) is 4. The molecule has 5 heteroatoms. The summed E-state index contributed by atoms with van der Waals surface area (Å²) in [6, 6.07) is 25.0. The van der Waals surface area contributed by atoms with Gasteiger partial charge in [0.15, 0.2) is 0 Å². The van der Waals surface area contributed by atoms with Crippen LogP contribution >= 0.6 is 11.3 Å². The van der Waals surface area contributed by atoms with Crippen molar-refractivity contribution in [1.82, 2.24) is 9.80 Å². The lowest BCUT2D eigenvalue weighted by Crippen LogP contribution is -2.49. The second-order valence-corrected chi connectivity index (χ2v) is 9.61. The Morgan fingerprint density at radius 1 is 0.906 bits per heavy atom. The number of rotatable bonds is 4. The topological polar surface area (TPSA) is 43.8 Å². The molecule has 3 aromatic rings. The molecule has 0 saturated carbocycles. The summed E-state index contributed by atoms with van der Waals surface area (Å²) in [6.45, 7) is 6.32.